The highest BCUT2D eigenvalue weighted by Crippen LogP contribution is 2.40. The molecule has 0 amide bonds. The van der Waals surface area contributed by atoms with E-state index < -0.39 is 38.7 Å². The largest absolute Gasteiger partial charge is 0.534 e. The summed E-state index contributed by atoms with van der Waals surface area (Å²) in [5.41, 5.74) is 5.79. The molecule has 2 aliphatic rings. The summed E-state index contributed by atoms with van der Waals surface area (Å²) in [6.07, 6.45) is 4.10. The molecule has 0 unspecified atom stereocenters. The molecule has 0 radical (unpaired) electrons. The highest BCUT2D eigenvalue weighted by Gasteiger charge is 2.49. The van der Waals surface area contributed by atoms with Crippen molar-refractivity contribution in [2.24, 2.45) is 11.5 Å². The molecule has 0 spiro atoms. The Hall–Kier alpha value is -2.93. The normalized spacial score (nSPS) is 20.6. The average molecular weight is 567 g/mol. The molecule has 5 N–H and O–H groups in total. The summed E-state index contributed by atoms with van der Waals surface area (Å²) in [6.45, 7) is 8.00. The molecule has 38 heavy (non-hydrogen) atoms. The summed E-state index contributed by atoms with van der Waals surface area (Å²) < 4.78 is 93.4. The second-order valence-electron chi connectivity index (χ2n) is 7.76. The molecule has 0 bridgehead atoms. The molecule has 0 aromatic carbocycles. The lowest BCUT2D eigenvalue weighted by Gasteiger charge is -2.38. The predicted molar refractivity (Wildman–Crippen MR) is 137 cm³/mol. The van der Waals surface area contributed by atoms with Gasteiger partial charge < -0.3 is 21.0 Å². The molecular formula is C25H35F5N4O3S. The molecule has 214 valence electrons. The van der Waals surface area contributed by atoms with Gasteiger partial charge in [-0.1, -0.05) is 33.8 Å². The zero-order valence-corrected chi connectivity index (χ0v) is 22.9. The number of nitrogens with one attached hydrogen (secondary N) is 1. The van der Waals surface area contributed by atoms with Gasteiger partial charge in [-0.3, -0.25) is 0 Å². The van der Waals surface area contributed by atoms with Crippen LogP contribution in [0.4, 0.5) is 22.0 Å². The van der Waals surface area contributed by atoms with E-state index in [-0.39, 0.29) is 35.5 Å². The third-order valence-electron chi connectivity index (χ3n) is 5.69. The van der Waals surface area contributed by atoms with Gasteiger partial charge in [-0.05, 0) is 56.5 Å². The lowest BCUT2D eigenvalue weighted by atomic mass is 9.77. The first-order chi connectivity index (χ1) is 17.8. The first kappa shape index (κ1) is 33.1. The van der Waals surface area contributed by atoms with E-state index in [0.29, 0.717) is 24.8 Å². The minimum absolute atomic E-state index is 0.0177. The van der Waals surface area contributed by atoms with Crippen LogP contribution in [0.15, 0.2) is 64.5 Å². The number of pyridine rings is 1. The number of nitrogens with zero attached hydrogens (tertiary/aromatic N) is 1. The van der Waals surface area contributed by atoms with Crippen LogP contribution in [0.1, 0.15) is 65.5 Å². The maximum Gasteiger partial charge on any atom is 0.534 e. The minimum Gasteiger partial charge on any atom is -0.400 e. The predicted octanol–water partition coefficient (Wildman–Crippen LogP) is 5.89. The molecule has 1 aromatic heterocycles. The molecule has 13 heteroatoms. The summed E-state index contributed by atoms with van der Waals surface area (Å²) in [4.78, 5) is 3.95. The first-order valence-electron chi connectivity index (χ1n) is 12.2. The van der Waals surface area contributed by atoms with Gasteiger partial charge in [0.25, 0.3) is 0 Å². The first-order valence-corrected chi connectivity index (χ1v) is 13.6. The second kappa shape index (κ2) is 13.7. The van der Waals surface area contributed by atoms with Crippen LogP contribution in [-0.4, -0.2) is 26.0 Å². The van der Waals surface area contributed by atoms with Crippen molar-refractivity contribution in [3.8, 4) is 5.88 Å². The van der Waals surface area contributed by atoms with Gasteiger partial charge in [-0.2, -0.15) is 21.6 Å². The Balaban J connectivity index is 0.00000172. The Morgan fingerprint density at radius 2 is 1.79 bits per heavy atom. The summed E-state index contributed by atoms with van der Waals surface area (Å²) in [6, 6.07) is 3.68. The molecule has 2 aliphatic carbocycles. The van der Waals surface area contributed by atoms with Crippen LogP contribution >= 0.6 is 0 Å². The van der Waals surface area contributed by atoms with Crippen LogP contribution in [-0.2, 0) is 15.7 Å². The van der Waals surface area contributed by atoms with Crippen molar-refractivity contribution in [1.29, 1.82) is 0 Å². The van der Waals surface area contributed by atoms with Gasteiger partial charge in [0.05, 0.1) is 11.3 Å². The minimum atomic E-state index is -5.92. The molecule has 1 aromatic rings. The number of alkyl halides is 3. The quantitative estimate of drug-likeness (QED) is 0.223. The van der Waals surface area contributed by atoms with Crippen LogP contribution in [0.2, 0.25) is 0 Å². The Bertz CT molecular complexity index is 1210. The number of hydrogen-bond donors (Lipinski definition) is 3. The summed E-state index contributed by atoms with van der Waals surface area (Å²) in [5.74, 6) is -2.24. The van der Waals surface area contributed by atoms with Crippen molar-refractivity contribution in [2.75, 3.05) is 7.05 Å². The van der Waals surface area contributed by atoms with Crippen LogP contribution in [0.3, 0.4) is 0 Å². The third kappa shape index (κ3) is 7.13. The Labute approximate surface area is 220 Å². The van der Waals surface area contributed by atoms with Crippen LogP contribution in [0.5, 0.6) is 5.88 Å². The van der Waals surface area contributed by atoms with E-state index in [4.69, 9.17) is 11.5 Å². The van der Waals surface area contributed by atoms with Crippen molar-refractivity contribution < 1.29 is 34.6 Å². The van der Waals surface area contributed by atoms with Gasteiger partial charge in [0, 0.05) is 23.9 Å². The van der Waals surface area contributed by atoms with E-state index in [1.807, 2.05) is 27.7 Å². The fraction of sp³-hybridized carbons (Fsp3) is 0.480. The topological polar surface area (TPSA) is 120 Å². The highest BCUT2D eigenvalue weighted by molar-refractivity contribution is 7.87. The number of hydrogen-bond acceptors (Lipinski definition) is 7. The summed E-state index contributed by atoms with van der Waals surface area (Å²) >= 11 is 0. The van der Waals surface area contributed by atoms with Gasteiger partial charge in [0.1, 0.15) is 17.2 Å². The van der Waals surface area contributed by atoms with Crippen LogP contribution in [0, 0.1) is 0 Å². The van der Waals surface area contributed by atoms with Crippen molar-refractivity contribution >= 4 is 10.1 Å². The zero-order chi connectivity index (χ0) is 29.3. The maximum atomic E-state index is 14.2. The Morgan fingerprint density at radius 1 is 1.16 bits per heavy atom. The molecule has 1 atom stereocenters. The molecule has 0 aliphatic heterocycles. The number of rotatable bonds is 6. The lowest BCUT2D eigenvalue weighted by molar-refractivity contribution is -0.0501. The molecule has 3 rings (SSSR count). The van der Waals surface area contributed by atoms with Gasteiger partial charge in [0.15, 0.2) is 0 Å². The van der Waals surface area contributed by atoms with E-state index in [1.54, 1.807) is 0 Å². The number of halogens is 5. The van der Waals surface area contributed by atoms with Crippen molar-refractivity contribution in [3.05, 3.63) is 70.2 Å². The van der Waals surface area contributed by atoms with Gasteiger partial charge in [0.2, 0.25) is 5.88 Å². The lowest BCUT2D eigenvalue weighted by Crippen LogP contribution is -2.47. The monoisotopic (exact) mass is 566 g/mol. The van der Waals surface area contributed by atoms with E-state index >= 15 is 0 Å². The van der Waals surface area contributed by atoms with Crippen LogP contribution in [0.25, 0.3) is 0 Å². The van der Waals surface area contributed by atoms with Crippen molar-refractivity contribution in [1.82, 2.24) is 10.3 Å². The zero-order valence-electron chi connectivity index (χ0n) is 22.0. The Kier molecular flexibility index (Phi) is 12.0. The highest BCUT2D eigenvalue weighted by atomic mass is 32.2. The van der Waals surface area contributed by atoms with Gasteiger partial charge >= 0.3 is 15.6 Å². The smallest absolute Gasteiger partial charge is 0.400 e. The average Bonchev–Trinajstić information content (AvgIpc) is 2.87. The fourth-order valence-electron chi connectivity index (χ4n) is 3.99. The SMILES string of the molecule is CC.CC.CN[C@]1(c2cccc(OS(=O)(=O)C(F)(F)F)n2)CCCC(/C=C(\N)C2=C(F)CCC=C2F)=C1N. The van der Waals surface area contributed by atoms with E-state index in [1.165, 1.54) is 31.3 Å². The fourth-order valence-corrected chi connectivity index (χ4v) is 4.40. The molecular weight excluding hydrogens is 531 g/mol. The standard InChI is InChI=1S/C21H23F5N4O3S.2C2H6/c1-29-20(16-8-3-9-17(30-16)33-34(31,32)21(24,25)26)10-4-5-12(19(20)28)11-15(27)18-13(22)6-2-7-14(18)23;2*1-2/h3,6,8-9,11,29H,2,4-5,7,10,27-28H2,1H3;2*1-2H3/b15-11-;;/t20-;;/m0../s1. The maximum absolute atomic E-state index is 14.2. The number of nitrogens with two attached hydrogens (primary N) is 2. The van der Waals surface area contributed by atoms with Crippen molar-refractivity contribution in [3.63, 3.8) is 0 Å². The Morgan fingerprint density at radius 3 is 2.34 bits per heavy atom. The number of allylic oxidation sites excluding steroid dienone is 5. The van der Waals surface area contributed by atoms with E-state index in [0.717, 1.165) is 6.07 Å². The van der Waals surface area contributed by atoms with E-state index in [9.17, 15) is 30.4 Å². The number of aromatic nitrogens is 1. The summed E-state index contributed by atoms with van der Waals surface area (Å²) in [5, 5.41) is 2.99. The second-order valence-corrected chi connectivity index (χ2v) is 9.30. The van der Waals surface area contributed by atoms with E-state index in [2.05, 4.69) is 14.5 Å². The molecule has 0 fully saturated rings. The number of likely N-dealkylation sites (N-methyl/N-ethyl adjacent to an activating group) is 1. The molecule has 0 saturated heterocycles. The van der Waals surface area contributed by atoms with Gasteiger partial charge in [-0.25, -0.2) is 13.8 Å². The van der Waals surface area contributed by atoms with Crippen LogP contribution < -0.4 is 21.0 Å². The third-order valence-corrected chi connectivity index (χ3v) is 6.64. The molecule has 7 nitrogen and oxygen atoms in total. The molecule has 0 saturated carbocycles. The molecule has 1 heterocycles. The van der Waals surface area contributed by atoms with Gasteiger partial charge in [-0.15, -0.1) is 0 Å². The summed E-state index contributed by atoms with van der Waals surface area (Å²) in [7, 11) is -4.38. The van der Waals surface area contributed by atoms with Crippen molar-refractivity contribution in [2.45, 2.75) is 70.8 Å².